The molecule has 0 radical (unpaired) electrons. The van der Waals surface area contributed by atoms with Gasteiger partial charge in [0.25, 0.3) is 0 Å². The molecular formula is C20H17F2N5O2S. The fraction of sp³-hybridized carbons (Fsp3) is 0.300. The summed E-state index contributed by atoms with van der Waals surface area (Å²) in [6.45, 7) is -0.426. The van der Waals surface area contributed by atoms with Crippen LogP contribution in [0.2, 0.25) is 0 Å². The minimum atomic E-state index is -0.765. The van der Waals surface area contributed by atoms with Crippen LogP contribution in [0.1, 0.15) is 29.7 Å². The number of hydrogen-bond donors (Lipinski definition) is 1. The second-order valence-corrected chi connectivity index (χ2v) is 8.38. The molecule has 1 aromatic carbocycles. The van der Waals surface area contributed by atoms with Gasteiger partial charge in [0.15, 0.2) is 5.65 Å². The van der Waals surface area contributed by atoms with E-state index in [1.54, 1.807) is 11.3 Å². The monoisotopic (exact) mass is 429 g/mol. The van der Waals surface area contributed by atoms with Crippen molar-refractivity contribution in [3.05, 3.63) is 57.1 Å². The van der Waals surface area contributed by atoms with Gasteiger partial charge in [0.1, 0.15) is 29.3 Å². The summed E-state index contributed by atoms with van der Waals surface area (Å²) in [6, 6.07) is 2.76. The van der Waals surface area contributed by atoms with E-state index in [1.165, 1.54) is 21.2 Å². The lowest BCUT2D eigenvalue weighted by Gasteiger charge is -2.05. The van der Waals surface area contributed by atoms with Gasteiger partial charge in [-0.05, 0) is 43.4 Å². The van der Waals surface area contributed by atoms with Gasteiger partial charge in [0.2, 0.25) is 5.91 Å². The quantitative estimate of drug-likeness (QED) is 0.507. The van der Waals surface area contributed by atoms with Crippen molar-refractivity contribution in [2.75, 3.05) is 5.32 Å². The lowest BCUT2D eigenvalue weighted by atomic mass is 10.1. The Kier molecular flexibility index (Phi) is 4.58. The highest BCUT2D eigenvalue weighted by Gasteiger charge is 2.21. The Morgan fingerprint density at radius 2 is 2.03 bits per heavy atom. The third-order valence-corrected chi connectivity index (χ3v) is 6.48. The molecule has 0 unspecified atom stereocenters. The highest BCUT2D eigenvalue weighted by atomic mass is 32.1. The molecule has 154 valence electrons. The van der Waals surface area contributed by atoms with Crippen LogP contribution in [-0.2, 0) is 24.2 Å². The maximum absolute atomic E-state index is 13.8. The molecule has 4 aromatic rings. The van der Waals surface area contributed by atoms with Crippen molar-refractivity contribution >= 4 is 38.8 Å². The van der Waals surface area contributed by atoms with Crippen LogP contribution in [0.25, 0.3) is 15.9 Å². The molecular weight excluding hydrogens is 412 g/mol. The first-order valence-corrected chi connectivity index (χ1v) is 10.5. The number of carbonyl (C=O) groups is 1. The van der Waals surface area contributed by atoms with Crippen molar-refractivity contribution in [1.29, 1.82) is 0 Å². The number of nitrogens with one attached hydrogen (secondary N) is 1. The largest absolute Gasteiger partial charge is 0.352 e. The first-order valence-electron chi connectivity index (χ1n) is 9.64. The Balaban J connectivity index is 1.52. The van der Waals surface area contributed by atoms with Crippen LogP contribution in [0, 0.1) is 11.6 Å². The highest BCUT2D eigenvalue weighted by molar-refractivity contribution is 7.19. The van der Waals surface area contributed by atoms with Gasteiger partial charge >= 0.3 is 5.69 Å². The third-order valence-electron chi connectivity index (χ3n) is 5.28. The number of aromatic nitrogens is 4. The number of fused-ring (bicyclic) bond motifs is 5. The van der Waals surface area contributed by atoms with Crippen LogP contribution in [0.15, 0.2) is 29.3 Å². The summed E-state index contributed by atoms with van der Waals surface area (Å²) in [5.41, 5.74) is 0.857. The zero-order valence-electron chi connectivity index (χ0n) is 15.8. The number of amides is 1. The molecule has 0 aliphatic heterocycles. The van der Waals surface area contributed by atoms with Gasteiger partial charge in [-0.2, -0.15) is 0 Å². The molecule has 1 aliphatic rings. The number of hydrogen-bond acceptors (Lipinski definition) is 5. The highest BCUT2D eigenvalue weighted by Crippen LogP contribution is 2.35. The summed E-state index contributed by atoms with van der Waals surface area (Å²) in [5.74, 6) is -2.12. The molecule has 0 saturated heterocycles. The van der Waals surface area contributed by atoms with Gasteiger partial charge in [0, 0.05) is 10.9 Å². The van der Waals surface area contributed by atoms with Crippen molar-refractivity contribution in [3.63, 3.8) is 0 Å². The normalized spacial score (nSPS) is 14.1. The Labute approximate surface area is 173 Å². The molecule has 3 heterocycles. The molecule has 10 heteroatoms. The third kappa shape index (κ3) is 3.17. The van der Waals surface area contributed by atoms with E-state index in [0.29, 0.717) is 5.65 Å². The Morgan fingerprint density at radius 3 is 2.90 bits per heavy atom. The molecule has 3 aromatic heterocycles. The lowest BCUT2D eigenvalue weighted by molar-refractivity contribution is -0.117. The fourth-order valence-electron chi connectivity index (χ4n) is 3.88. The number of halogens is 2. The van der Waals surface area contributed by atoms with Gasteiger partial charge in [0.05, 0.1) is 11.1 Å². The van der Waals surface area contributed by atoms with Crippen LogP contribution in [-0.4, -0.2) is 25.1 Å². The number of rotatable bonds is 3. The molecule has 0 bridgehead atoms. The van der Waals surface area contributed by atoms with E-state index in [0.717, 1.165) is 65.2 Å². The Bertz CT molecular complexity index is 1360. The van der Waals surface area contributed by atoms with E-state index in [2.05, 4.69) is 15.4 Å². The molecule has 0 fully saturated rings. The van der Waals surface area contributed by atoms with Crippen LogP contribution in [0.3, 0.4) is 0 Å². The first-order chi connectivity index (χ1) is 14.5. The topological polar surface area (TPSA) is 81.3 Å². The summed E-state index contributed by atoms with van der Waals surface area (Å²) >= 11 is 1.63. The zero-order valence-corrected chi connectivity index (χ0v) is 16.6. The van der Waals surface area contributed by atoms with Crippen molar-refractivity contribution in [2.24, 2.45) is 0 Å². The molecule has 0 spiro atoms. The van der Waals surface area contributed by atoms with E-state index >= 15 is 0 Å². The standard InChI is InChI=1S/C20H17F2N5O2S/c21-11-6-7-13(22)14(8-11)24-16(28)9-27-20(29)26-10-23-19-17(18(26)25-27)12-4-2-1-3-5-15(12)30-19/h6-8,10H,1-5,9H2,(H,24,28). The first kappa shape index (κ1) is 18.9. The molecule has 0 atom stereocenters. The molecule has 1 amide bonds. The molecule has 30 heavy (non-hydrogen) atoms. The fourth-order valence-corrected chi connectivity index (χ4v) is 5.10. The molecule has 7 nitrogen and oxygen atoms in total. The van der Waals surface area contributed by atoms with Crippen LogP contribution < -0.4 is 11.0 Å². The Morgan fingerprint density at radius 1 is 1.20 bits per heavy atom. The number of nitrogens with zero attached hydrogens (tertiary/aromatic N) is 4. The number of anilines is 1. The van der Waals surface area contributed by atoms with E-state index in [-0.39, 0.29) is 5.69 Å². The maximum Gasteiger partial charge on any atom is 0.352 e. The SMILES string of the molecule is O=C(Cn1nc2c3c4c(sc3ncn2c1=O)CCCCC4)Nc1cc(F)ccc1F. The molecule has 1 aliphatic carbocycles. The minimum Gasteiger partial charge on any atom is -0.322 e. The van der Waals surface area contributed by atoms with Gasteiger partial charge < -0.3 is 5.32 Å². The van der Waals surface area contributed by atoms with Crippen molar-refractivity contribution in [2.45, 2.75) is 38.6 Å². The number of carbonyl (C=O) groups excluding carboxylic acids is 1. The maximum atomic E-state index is 13.8. The van der Waals surface area contributed by atoms with Gasteiger partial charge in [-0.15, -0.1) is 16.4 Å². The summed E-state index contributed by atoms with van der Waals surface area (Å²) in [5, 5.41) is 7.53. The number of benzene rings is 1. The summed E-state index contributed by atoms with van der Waals surface area (Å²) < 4.78 is 29.4. The van der Waals surface area contributed by atoms with Crippen LogP contribution in [0.4, 0.5) is 14.5 Å². The second-order valence-electron chi connectivity index (χ2n) is 7.30. The van der Waals surface area contributed by atoms with E-state index in [9.17, 15) is 18.4 Å². The average Bonchev–Trinajstić information content (AvgIpc) is 3.12. The number of aryl methyl sites for hydroxylation is 2. The molecule has 1 N–H and O–H groups in total. The summed E-state index contributed by atoms with van der Waals surface area (Å²) in [6.07, 6.45) is 6.70. The van der Waals surface area contributed by atoms with Gasteiger partial charge in [-0.25, -0.2) is 27.6 Å². The number of thiophene rings is 1. The smallest absolute Gasteiger partial charge is 0.322 e. The van der Waals surface area contributed by atoms with E-state index in [1.807, 2.05) is 0 Å². The van der Waals surface area contributed by atoms with Crippen LogP contribution >= 0.6 is 11.3 Å². The average molecular weight is 429 g/mol. The Hall–Kier alpha value is -3.14. The van der Waals surface area contributed by atoms with Gasteiger partial charge in [-0.3, -0.25) is 4.79 Å². The summed E-state index contributed by atoms with van der Waals surface area (Å²) in [4.78, 5) is 31.6. The lowest BCUT2D eigenvalue weighted by Crippen LogP contribution is -2.28. The molecule has 5 rings (SSSR count). The van der Waals surface area contributed by atoms with Gasteiger partial charge in [-0.1, -0.05) is 6.42 Å². The summed E-state index contributed by atoms with van der Waals surface area (Å²) in [7, 11) is 0. The van der Waals surface area contributed by atoms with E-state index in [4.69, 9.17) is 0 Å². The van der Waals surface area contributed by atoms with Crippen molar-refractivity contribution in [3.8, 4) is 0 Å². The minimum absolute atomic E-state index is 0.288. The molecule has 0 saturated carbocycles. The predicted octanol–water partition coefficient (Wildman–Crippen LogP) is 3.29. The van der Waals surface area contributed by atoms with Crippen LogP contribution in [0.5, 0.6) is 0 Å². The van der Waals surface area contributed by atoms with E-state index < -0.39 is 29.8 Å². The predicted molar refractivity (Wildman–Crippen MR) is 109 cm³/mol. The zero-order chi connectivity index (χ0) is 20.8. The van der Waals surface area contributed by atoms with Crippen molar-refractivity contribution in [1.82, 2.24) is 19.2 Å². The van der Waals surface area contributed by atoms with Crippen molar-refractivity contribution < 1.29 is 13.6 Å². The second kappa shape index (κ2) is 7.28.